The van der Waals surface area contributed by atoms with Gasteiger partial charge in [0.05, 0.1) is 25.0 Å². The number of nitrogens with one attached hydrogen (secondary N) is 1. The summed E-state index contributed by atoms with van der Waals surface area (Å²) < 4.78 is 21.2. The Hall–Kier alpha value is -3.13. The third-order valence-corrected chi connectivity index (χ3v) is 6.67. The van der Waals surface area contributed by atoms with Crippen LogP contribution < -0.4 is 5.32 Å². The van der Waals surface area contributed by atoms with Crippen molar-refractivity contribution in [1.82, 2.24) is 4.90 Å². The van der Waals surface area contributed by atoms with Gasteiger partial charge in [-0.2, -0.15) is 5.26 Å². The summed E-state index contributed by atoms with van der Waals surface area (Å²) in [4.78, 5) is 27.5. The highest BCUT2D eigenvalue weighted by atomic mass is 32.1. The molecule has 0 aromatic carbocycles. The van der Waals surface area contributed by atoms with Gasteiger partial charge in [-0.3, -0.25) is 9.69 Å². The van der Waals surface area contributed by atoms with Crippen LogP contribution in [-0.4, -0.2) is 62.5 Å². The van der Waals surface area contributed by atoms with Gasteiger partial charge in [0.15, 0.2) is 0 Å². The highest BCUT2D eigenvalue weighted by molar-refractivity contribution is 7.16. The van der Waals surface area contributed by atoms with E-state index >= 15 is 0 Å². The molecular formula is C23H25N3O6S. The number of hydrogen-bond donors (Lipinski definition) is 1. The summed E-state index contributed by atoms with van der Waals surface area (Å²) in [7, 11) is 0. The van der Waals surface area contributed by atoms with E-state index in [-0.39, 0.29) is 18.6 Å². The van der Waals surface area contributed by atoms with Crippen LogP contribution in [-0.2, 0) is 31.8 Å². The summed E-state index contributed by atoms with van der Waals surface area (Å²) in [5.41, 5.74) is 1.38. The van der Waals surface area contributed by atoms with Crippen LogP contribution >= 0.6 is 11.3 Å². The Morgan fingerprint density at radius 3 is 2.97 bits per heavy atom. The third-order valence-electron chi connectivity index (χ3n) is 5.50. The fourth-order valence-corrected chi connectivity index (χ4v) is 5.08. The molecule has 174 valence electrons. The van der Waals surface area contributed by atoms with Crippen LogP contribution in [0.4, 0.5) is 9.80 Å². The van der Waals surface area contributed by atoms with Crippen LogP contribution in [0.25, 0.3) is 6.08 Å². The molecule has 1 aliphatic heterocycles. The molecule has 0 bridgehead atoms. The number of anilines is 1. The van der Waals surface area contributed by atoms with Gasteiger partial charge in [0.25, 0.3) is 0 Å². The Labute approximate surface area is 195 Å². The number of ether oxygens (including phenoxy) is 3. The van der Waals surface area contributed by atoms with E-state index in [1.807, 2.05) is 0 Å². The predicted molar refractivity (Wildman–Crippen MR) is 121 cm³/mol. The molecule has 1 unspecified atom stereocenters. The van der Waals surface area contributed by atoms with Crippen LogP contribution in [0.3, 0.4) is 0 Å². The van der Waals surface area contributed by atoms with Gasteiger partial charge >= 0.3 is 6.16 Å². The first-order valence-electron chi connectivity index (χ1n) is 10.8. The van der Waals surface area contributed by atoms with Gasteiger partial charge in [-0.25, -0.2) is 4.79 Å². The van der Waals surface area contributed by atoms with E-state index in [1.165, 1.54) is 23.7 Å². The molecule has 1 N–H and O–H groups in total. The van der Waals surface area contributed by atoms with Gasteiger partial charge < -0.3 is 23.9 Å². The van der Waals surface area contributed by atoms with E-state index in [9.17, 15) is 14.9 Å². The van der Waals surface area contributed by atoms with Crippen LogP contribution in [0.5, 0.6) is 0 Å². The molecule has 1 saturated heterocycles. The minimum Gasteiger partial charge on any atom is -0.465 e. The van der Waals surface area contributed by atoms with Crippen molar-refractivity contribution in [3.8, 4) is 6.07 Å². The normalized spacial score (nSPS) is 18.5. The summed E-state index contributed by atoms with van der Waals surface area (Å²) in [6, 6.07) is 5.67. The second-order valence-electron chi connectivity index (χ2n) is 7.69. The number of nitrogens with zero attached hydrogens (tertiary/aromatic N) is 2. The maximum atomic E-state index is 12.3. The van der Waals surface area contributed by atoms with E-state index in [2.05, 4.69) is 16.3 Å². The number of carbonyl (C=O) groups excluding carboxylic acids is 2. The van der Waals surface area contributed by atoms with Crippen LogP contribution in [0.2, 0.25) is 0 Å². The van der Waals surface area contributed by atoms with E-state index < -0.39 is 6.16 Å². The molecule has 1 fully saturated rings. The first-order chi connectivity index (χ1) is 16.1. The number of nitriles is 1. The highest BCUT2D eigenvalue weighted by Gasteiger charge is 2.28. The van der Waals surface area contributed by atoms with Crippen molar-refractivity contribution < 1.29 is 28.2 Å². The van der Waals surface area contributed by atoms with Crippen LogP contribution in [0.1, 0.15) is 28.2 Å². The summed E-state index contributed by atoms with van der Waals surface area (Å²) in [6.07, 6.45) is 5.14. The molecule has 0 saturated carbocycles. The summed E-state index contributed by atoms with van der Waals surface area (Å²) >= 11 is 1.34. The number of hydrogen-bond acceptors (Lipinski definition) is 9. The van der Waals surface area contributed by atoms with Gasteiger partial charge in [-0.05, 0) is 36.6 Å². The molecule has 2 aliphatic rings. The molecule has 2 aromatic rings. The lowest BCUT2D eigenvalue weighted by atomic mass is 9.94. The molecule has 1 amide bonds. The molecular weight excluding hydrogens is 446 g/mol. The van der Waals surface area contributed by atoms with E-state index in [0.29, 0.717) is 55.3 Å². The monoisotopic (exact) mass is 471 g/mol. The van der Waals surface area contributed by atoms with Crippen molar-refractivity contribution in [1.29, 1.82) is 5.26 Å². The molecule has 0 spiro atoms. The van der Waals surface area contributed by atoms with E-state index in [0.717, 1.165) is 23.5 Å². The van der Waals surface area contributed by atoms with Crippen molar-refractivity contribution in [2.45, 2.75) is 25.4 Å². The molecule has 33 heavy (non-hydrogen) atoms. The van der Waals surface area contributed by atoms with Gasteiger partial charge in [-0.1, -0.05) is 0 Å². The number of rotatable bonds is 7. The molecule has 1 aliphatic carbocycles. The molecule has 4 rings (SSSR count). The zero-order valence-corrected chi connectivity index (χ0v) is 18.9. The molecule has 10 heteroatoms. The summed E-state index contributed by atoms with van der Waals surface area (Å²) in [5, 5.41) is 12.9. The number of fused-ring (bicyclic) bond motifs is 1. The second kappa shape index (κ2) is 11.1. The molecule has 9 nitrogen and oxygen atoms in total. The maximum Gasteiger partial charge on any atom is 0.508 e. The van der Waals surface area contributed by atoms with Crippen LogP contribution in [0.15, 0.2) is 28.9 Å². The number of thiophene rings is 1. The van der Waals surface area contributed by atoms with Gasteiger partial charge in [-0.15, -0.1) is 11.3 Å². The lowest BCUT2D eigenvalue weighted by Crippen LogP contribution is -2.38. The van der Waals surface area contributed by atoms with Crippen molar-refractivity contribution in [2.24, 2.45) is 0 Å². The number of furan rings is 1. The minimum absolute atomic E-state index is 0.274. The lowest BCUT2D eigenvalue weighted by molar-refractivity contribution is -0.111. The summed E-state index contributed by atoms with van der Waals surface area (Å²) in [5.74, 6) is 0.214. The Kier molecular flexibility index (Phi) is 7.78. The van der Waals surface area contributed by atoms with E-state index in [4.69, 9.17) is 18.6 Å². The van der Waals surface area contributed by atoms with Gasteiger partial charge in [0.1, 0.15) is 29.5 Å². The Balaban J connectivity index is 1.29. The molecule has 1 atom stereocenters. The SMILES string of the molecule is N#Cc1c(NC(=O)/C=C/c2ccco2)sc2c1CCC(OC(=O)OCCN1CCOCC1)C2. The second-order valence-corrected chi connectivity index (χ2v) is 8.80. The maximum absolute atomic E-state index is 12.3. The number of morpholine rings is 1. The number of amides is 1. The van der Waals surface area contributed by atoms with Crippen LogP contribution in [0, 0.1) is 11.3 Å². The van der Waals surface area contributed by atoms with Crippen molar-refractivity contribution in [3.63, 3.8) is 0 Å². The quantitative estimate of drug-likeness (QED) is 0.484. The van der Waals surface area contributed by atoms with Crippen molar-refractivity contribution >= 4 is 34.5 Å². The Morgan fingerprint density at radius 1 is 1.36 bits per heavy atom. The van der Waals surface area contributed by atoms with Crippen molar-refractivity contribution in [3.05, 3.63) is 46.2 Å². The Morgan fingerprint density at radius 2 is 2.21 bits per heavy atom. The minimum atomic E-state index is -0.676. The number of carbonyl (C=O) groups is 2. The summed E-state index contributed by atoms with van der Waals surface area (Å²) in [6.45, 7) is 3.99. The molecule has 2 aromatic heterocycles. The average Bonchev–Trinajstić information content (AvgIpc) is 3.45. The largest absolute Gasteiger partial charge is 0.508 e. The first-order valence-corrected chi connectivity index (χ1v) is 11.6. The highest BCUT2D eigenvalue weighted by Crippen LogP contribution is 2.38. The fraction of sp³-hybridized carbons (Fsp3) is 0.435. The zero-order valence-electron chi connectivity index (χ0n) is 18.1. The fourth-order valence-electron chi connectivity index (χ4n) is 3.81. The zero-order chi connectivity index (χ0) is 23.0. The first kappa shape index (κ1) is 23.0. The molecule has 0 radical (unpaired) electrons. The molecule has 3 heterocycles. The standard InChI is InChI=1S/C23H25N3O6S/c24-15-19-18-5-3-17(32-23(28)31-13-9-26-7-11-29-12-8-26)14-20(18)33-22(19)25-21(27)6-4-16-2-1-10-30-16/h1-2,4,6,10,17H,3,5,7-9,11-14H2,(H,25,27)/b6-4+. The van der Waals surface area contributed by atoms with Crippen molar-refractivity contribution in [2.75, 3.05) is 44.8 Å². The average molecular weight is 472 g/mol. The predicted octanol–water partition coefficient (Wildman–Crippen LogP) is 3.21. The Bertz CT molecular complexity index is 1030. The third kappa shape index (κ3) is 6.22. The van der Waals surface area contributed by atoms with Gasteiger partial charge in [0.2, 0.25) is 5.91 Å². The van der Waals surface area contributed by atoms with Gasteiger partial charge in [0, 0.05) is 37.0 Å². The topological polar surface area (TPSA) is 114 Å². The lowest BCUT2D eigenvalue weighted by Gasteiger charge is -2.26. The smallest absolute Gasteiger partial charge is 0.465 e. The van der Waals surface area contributed by atoms with E-state index in [1.54, 1.807) is 18.2 Å².